The van der Waals surface area contributed by atoms with Gasteiger partial charge in [-0.15, -0.1) is 0 Å². The number of fused-ring (bicyclic) bond motifs is 1. The lowest BCUT2D eigenvalue weighted by Crippen LogP contribution is -2.57. The molecule has 1 aliphatic carbocycles. The van der Waals surface area contributed by atoms with Crippen molar-refractivity contribution in [3.05, 3.63) is 36.0 Å². The third kappa shape index (κ3) is 3.56. The van der Waals surface area contributed by atoms with E-state index in [1.165, 1.54) is 19.3 Å². The number of carbonyl (C=O) groups excluding carboxylic acids is 1. The first kappa shape index (κ1) is 18.2. The van der Waals surface area contributed by atoms with Crippen molar-refractivity contribution in [3.63, 3.8) is 0 Å². The van der Waals surface area contributed by atoms with Crippen molar-refractivity contribution in [1.82, 2.24) is 19.7 Å². The molecule has 2 aliphatic heterocycles. The Hall–Kier alpha value is -1.89. The van der Waals surface area contributed by atoms with E-state index in [9.17, 15) is 4.79 Å². The van der Waals surface area contributed by atoms with Crippen molar-refractivity contribution in [2.24, 2.45) is 0 Å². The molecule has 1 amide bonds. The quantitative estimate of drug-likeness (QED) is 0.881. The van der Waals surface area contributed by atoms with Crippen LogP contribution in [-0.4, -0.2) is 90.2 Å². The Kier molecular flexibility index (Phi) is 5.09. The summed E-state index contributed by atoms with van der Waals surface area (Å²) in [5, 5.41) is 1.14. The summed E-state index contributed by atoms with van der Waals surface area (Å²) in [6.45, 7) is 7.38. The zero-order valence-electron chi connectivity index (χ0n) is 16.5. The molecule has 5 rings (SSSR count). The molecule has 150 valence electrons. The highest BCUT2D eigenvalue weighted by atomic mass is 16.5. The second-order valence-corrected chi connectivity index (χ2v) is 8.43. The van der Waals surface area contributed by atoms with Gasteiger partial charge in [-0.1, -0.05) is 12.5 Å². The lowest BCUT2D eigenvalue weighted by Gasteiger charge is -2.45. The Morgan fingerprint density at radius 3 is 2.75 bits per heavy atom. The molecule has 0 bridgehead atoms. The minimum atomic E-state index is 0.123. The normalized spacial score (nSPS) is 25.1. The molecular formula is C22H30N4O2. The number of hydrogen-bond donors (Lipinski definition) is 1. The van der Waals surface area contributed by atoms with Crippen LogP contribution in [0.4, 0.5) is 0 Å². The van der Waals surface area contributed by atoms with E-state index in [1.807, 2.05) is 35.4 Å². The number of morpholine rings is 1. The van der Waals surface area contributed by atoms with Gasteiger partial charge >= 0.3 is 0 Å². The molecular weight excluding hydrogens is 352 g/mol. The predicted octanol–water partition coefficient (Wildman–Crippen LogP) is 2.18. The molecule has 1 atom stereocenters. The van der Waals surface area contributed by atoms with Crippen LogP contribution in [0.2, 0.25) is 0 Å². The van der Waals surface area contributed by atoms with Crippen molar-refractivity contribution >= 4 is 16.8 Å². The lowest BCUT2D eigenvalue weighted by molar-refractivity contribution is -0.0201. The maximum Gasteiger partial charge on any atom is 0.254 e. The molecule has 1 aromatic heterocycles. The number of ether oxygens (including phenoxy) is 1. The number of hydrogen-bond acceptors (Lipinski definition) is 4. The van der Waals surface area contributed by atoms with Crippen LogP contribution in [0.3, 0.4) is 0 Å². The summed E-state index contributed by atoms with van der Waals surface area (Å²) in [5.74, 6) is 0.123. The zero-order valence-corrected chi connectivity index (χ0v) is 16.5. The maximum atomic E-state index is 13.2. The third-order valence-electron chi connectivity index (χ3n) is 6.76. The Balaban J connectivity index is 1.24. The number of aromatic nitrogens is 1. The van der Waals surface area contributed by atoms with E-state index in [0.717, 1.165) is 55.2 Å². The van der Waals surface area contributed by atoms with Crippen LogP contribution >= 0.6 is 0 Å². The highest BCUT2D eigenvalue weighted by molar-refractivity contribution is 5.98. The lowest BCUT2D eigenvalue weighted by atomic mass is 9.91. The summed E-state index contributed by atoms with van der Waals surface area (Å²) in [6.07, 6.45) is 6.07. The number of H-pyrrole nitrogens is 1. The smallest absolute Gasteiger partial charge is 0.254 e. The third-order valence-corrected chi connectivity index (χ3v) is 6.76. The van der Waals surface area contributed by atoms with Gasteiger partial charge in [0.15, 0.2) is 0 Å². The molecule has 28 heavy (non-hydrogen) atoms. The topological polar surface area (TPSA) is 51.8 Å². The summed E-state index contributed by atoms with van der Waals surface area (Å²) in [5.41, 5.74) is 1.78. The van der Waals surface area contributed by atoms with E-state index >= 15 is 0 Å². The largest absolute Gasteiger partial charge is 0.377 e. The maximum absolute atomic E-state index is 13.2. The first-order chi connectivity index (χ1) is 13.8. The van der Waals surface area contributed by atoms with Crippen molar-refractivity contribution < 1.29 is 9.53 Å². The molecule has 1 aromatic carbocycles. The second-order valence-electron chi connectivity index (χ2n) is 8.43. The van der Waals surface area contributed by atoms with Crippen LogP contribution in [0.25, 0.3) is 10.9 Å². The Morgan fingerprint density at radius 2 is 1.96 bits per heavy atom. The fourth-order valence-corrected chi connectivity index (χ4v) is 4.78. The van der Waals surface area contributed by atoms with Gasteiger partial charge in [-0.3, -0.25) is 14.6 Å². The molecule has 3 fully saturated rings. The van der Waals surface area contributed by atoms with Gasteiger partial charge < -0.3 is 14.6 Å². The molecule has 6 heteroatoms. The van der Waals surface area contributed by atoms with Gasteiger partial charge in [0.2, 0.25) is 0 Å². The number of amides is 1. The average Bonchev–Trinajstić information content (AvgIpc) is 3.16. The molecule has 3 aliphatic rings. The fourth-order valence-electron chi connectivity index (χ4n) is 4.78. The predicted molar refractivity (Wildman–Crippen MR) is 110 cm³/mol. The molecule has 0 radical (unpaired) electrons. The van der Waals surface area contributed by atoms with Crippen LogP contribution in [0, 0.1) is 0 Å². The van der Waals surface area contributed by atoms with Crippen molar-refractivity contribution in [2.75, 3.05) is 52.5 Å². The molecule has 1 saturated carbocycles. The van der Waals surface area contributed by atoms with E-state index in [-0.39, 0.29) is 11.9 Å². The van der Waals surface area contributed by atoms with E-state index in [2.05, 4.69) is 14.8 Å². The average molecular weight is 383 g/mol. The summed E-state index contributed by atoms with van der Waals surface area (Å²) in [6, 6.07) is 8.94. The summed E-state index contributed by atoms with van der Waals surface area (Å²) in [7, 11) is 0. The number of nitrogens with one attached hydrogen (secondary N) is 1. The first-order valence-electron chi connectivity index (χ1n) is 10.7. The van der Waals surface area contributed by atoms with Crippen molar-refractivity contribution in [2.45, 2.75) is 31.3 Å². The van der Waals surface area contributed by atoms with Gasteiger partial charge in [0.05, 0.1) is 19.3 Å². The number of carbonyl (C=O) groups is 1. The summed E-state index contributed by atoms with van der Waals surface area (Å²) < 4.78 is 5.75. The van der Waals surface area contributed by atoms with E-state index in [0.29, 0.717) is 19.8 Å². The number of nitrogens with zero attached hydrogens (tertiary/aromatic N) is 3. The van der Waals surface area contributed by atoms with Gasteiger partial charge in [0, 0.05) is 62.6 Å². The van der Waals surface area contributed by atoms with Crippen LogP contribution in [-0.2, 0) is 4.74 Å². The van der Waals surface area contributed by atoms with E-state index in [4.69, 9.17) is 4.74 Å². The number of piperazine rings is 1. The minimum Gasteiger partial charge on any atom is -0.377 e. The molecule has 2 saturated heterocycles. The van der Waals surface area contributed by atoms with E-state index < -0.39 is 0 Å². The Labute approximate surface area is 166 Å². The SMILES string of the molecule is O=C(c1ccc2cc[nH]c2c1)N1CCOCC1CN1CCN(C2CCC2)CC1. The van der Waals surface area contributed by atoms with Gasteiger partial charge in [0.1, 0.15) is 0 Å². The van der Waals surface area contributed by atoms with Crippen molar-refractivity contribution in [1.29, 1.82) is 0 Å². The fraction of sp³-hybridized carbons (Fsp3) is 0.591. The zero-order chi connectivity index (χ0) is 18.9. The molecule has 1 N–H and O–H groups in total. The minimum absolute atomic E-state index is 0.123. The van der Waals surface area contributed by atoms with Crippen LogP contribution < -0.4 is 0 Å². The summed E-state index contributed by atoms with van der Waals surface area (Å²) in [4.78, 5) is 23.7. The molecule has 2 aromatic rings. The van der Waals surface area contributed by atoms with Gasteiger partial charge in [-0.25, -0.2) is 0 Å². The Morgan fingerprint density at radius 1 is 1.11 bits per heavy atom. The van der Waals surface area contributed by atoms with Crippen LogP contribution in [0.5, 0.6) is 0 Å². The number of rotatable bonds is 4. The molecule has 3 heterocycles. The molecule has 1 unspecified atom stereocenters. The summed E-state index contributed by atoms with van der Waals surface area (Å²) >= 11 is 0. The van der Waals surface area contributed by atoms with Gasteiger partial charge in [-0.05, 0) is 36.4 Å². The Bertz CT molecular complexity index is 823. The second kappa shape index (κ2) is 7.85. The number of benzene rings is 1. The highest BCUT2D eigenvalue weighted by Gasteiger charge is 2.32. The first-order valence-corrected chi connectivity index (χ1v) is 10.7. The van der Waals surface area contributed by atoms with Gasteiger partial charge in [-0.2, -0.15) is 0 Å². The monoisotopic (exact) mass is 382 g/mol. The van der Waals surface area contributed by atoms with Crippen molar-refractivity contribution in [3.8, 4) is 0 Å². The van der Waals surface area contributed by atoms with E-state index in [1.54, 1.807) is 0 Å². The van der Waals surface area contributed by atoms with Gasteiger partial charge in [0.25, 0.3) is 5.91 Å². The molecule has 0 spiro atoms. The number of aromatic amines is 1. The molecule has 6 nitrogen and oxygen atoms in total. The highest BCUT2D eigenvalue weighted by Crippen LogP contribution is 2.26. The van der Waals surface area contributed by atoms with Crippen LogP contribution in [0.15, 0.2) is 30.5 Å². The standard InChI is InChI=1S/C22H30N4O2/c27-22(18-5-4-17-6-7-23-21(17)14-18)26-12-13-28-16-20(26)15-24-8-10-25(11-9-24)19-2-1-3-19/h4-7,14,19-20,23H,1-3,8-13,15-16H2. The van der Waals surface area contributed by atoms with Crippen LogP contribution in [0.1, 0.15) is 29.6 Å².